The summed E-state index contributed by atoms with van der Waals surface area (Å²) in [4.78, 5) is 38.8. The lowest BCUT2D eigenvalue weighted by Crippen LogP contribution is -2.43. The van der Waals surface area contributed by atoms with E-state index in [1.165, 1.54) is 29.2 Å². The molecule has 0 radical (unpaired) electrons. The van der Waals surface area contributed by atoms with E-state index in [0.717, 1.165) is 0 Å². The number of fused-ring (bicyclic) bond motifs is 1. The van der Waals surface area contributed by atoms with E-state index >= 15 is 0 Å². The van der Waals surface area contributed by atoms with Gasteiger partial charge in [0.2, 0.25) is 5.91 Å². The summed E-state index contributed by atoms with van der Waals surface area (Å²) in [5, 5.41) is 2.73. The van der Waals surface area contributed by atoms with Gasteiger partial charge in [0, 0.05) is 17.3 Å². The molecular formula is C24H19FN2O5. The van der Waals surface area contributed by atoms with Crippen molar-refractivity contribution in [3.05, 3.63) is 84.2 Å². The smallest absolute Gasteiger partial charge is 0.265 e. The minimum Gasteiger partial charge on any atom is -0.485 e. The summed E-state index contributed by atoms with van der Waals surface area (Å²) in [5.74, 6) is -1.01. The number of halogens is 1. The molecule has 3 aromatic rings. The Morgan fingerprint density at radius 1 is 1.03 bits per heavy atom. The lowest BCUT2D eigenvalue weighted by Gasteiger charge is -2.29. The fourth-order valence-electron chi connectivity index (χ4n) is 3.20. The fourth-order valence-corrected chi connectivity index (χ4v) is 3.20. The molecular weight excluding hydrogens is 415 g/mol. The monoisotopic (exact) mass is 434 g/mol. The maximum atomic E-state index is 13.3. The number of Topliss-reactive ketones (excluding diaryl/α,β-unsaturated/α-hetero) is 1. The van der Waals surface area contributed by atoms with Crippen molar-refractivity contribution in [1.29, 1.82) is 0 Å². The van der Waals surface area contributed by atoms with Crippen LogP contribution in [0.15, 0.2) is 72.8 Å². The van der Waals surface area contributed by atoms with Crippen molar-refractivity contribution in [2.45, 2.75) is 0 Å². The summed E-state index contributed by atoms with van der Waals surface area (Å²) in [6.07, 6.45) is 0. The number of ketones is 1. The van der Waals surface area contributed by atoms with Crippen LogP contribution in [0.1, 0.15) is 10.4 Å². The molecule has 7 nitrogen and oxygen atoms in total. The normalized spacial score (nSPS) is 12.5. The molecule has 162 valence electrons. The van der Waals surface area contributed by atoms with E-state index in [-0.39, 0.29) is 42.8 Å². The molecule has 0 saturated carbocycles. The van der Waals surface area contributed by atoms with Gasteiger partial charge in [0.1, 0.15) is 23.9 Å². The first-order valence-electron chi connectivity index (χ1n) is 9.83. The summed E-state index contributed by atoms with van der Waals surface area (Å²) in [5.41, 5.74) is 1.20. The second kappa shape index (κ2) is 9.30. The SMILES string of the molecule is O=C(CN1C(=O)COc2ccc(C(=O)COc3cccc(F)c3)cc21)Nc1ccccc1. The van der Waals surface area contributed by atoms with Gasteiger partial charge in [-0.25, -0.2) is 4.39 Å². The maximum Gasteiger partial charge on any atom is 0.265 e. The van der Waals surface area contributed by atoms with Crippen molar-refractivity contribution in [1.82, 2.24) is 0 Å². The lowest BCUT2D eigenvalue weighted by atomic mass is 10.1. The van der Waals surface area contributed by atoms with Crippen LogP contribution in [0.25, 0.3) is 0 Å². The van der Waals surface area contributed by atoms with E-state index in [2.05, 4.69) is 5.32 Å². The summed E-state index contributed by atoms with van der Waals surface area (Å²) >= 11 is 0. The molecule has 0 unspecified atom stereocenters. The van der Waals surface area contributed by atoms with Crippen LogP contribution in [0.2, 0.25) is 0 Å². The van der Waals surface area contributed by atoms with Crippen LogP contribution in [0, 0.1) is 5.82 Å². The number of nitrogens with zero attached hydrogens (tertiary/aromatic N) is 1. The topological polar surface area (TPSA) is 84.9 Å². The largest absolute Gasteiger partial charge is 0.485 e. The molecule has 1 heterocycles. The lowest BCUT2D eigenvalue weighted by molar-refractivity contribution is -0.123. The van der Waals surface area contributed by atoms with Gasteiger partial charge >= 0.3 is 0 Å². The summed E-state index contributed by atoms with van der Waals surface area (Å²) in [6.45, 7) is -0.755. The number of hydrogen-bond donors (Lipinski definition) is 1. The molecule has 0 saturated heterocycles. The van der Waals surface area contributed by atoms with Crippen LogP contribution in [0.3, 0.4) is 0 Å². The van der Waals surface area contributed by atoms with Gasteiger partial charge in [0.25, 0.3) is 5.91 Å². The zero-order valence-corrected chi connectivity index (χ0v) is 16.9. The number of hydrogen-bond acceptors (Lipinski definition) is 5. The van der Waals surface area contributed by atoms with E-state index in [4.69, 9.17) is 9.47 Å². The van der Waals surface area contributed by atoms with Gasteiger partial charge in [-0.15, -0.1) is 0 Å². The number of anilines is 2. The highest BCUT2D eigenvalue weighted by molar-refractivity contribution is 6.06. The second-order valence-electron chi connectivity index (χ2n) is 7.03. The number of carbonyl (C=O) groups excluding carboxylic acids is 3. The standard InChI is InChI=1S/C24H19FN2O5/c25-17-5-4-8-19(12-17)31-14-21(28)16-9-10-22-20(11-16)27(24(30)15-32-22)13-23(29)26-18-6-2-1-3-7-18/h1-12H,13-15H2,(H,26,29). The predicted octanol–water partition coefficient (Wildman–Crippen LogP) is 3.45. The summed E-state index contributed by atoms with van der Waals surface area (Å²) in [7, 11) is 0. The van der Waals surface area contributed by atoms with Crippen LogP contribution in [0.5, 0.6) is 11.5 Å². The van der Waals surface area contributed by atoms with Crippen LogP contribution in [0.4, 0.5) is 15.8 Å². The van der Waals surface area contributed by atoms with E-state index < -0.39 is 11.7 Å². The van der Waals surface area contributed by atoms with Crippen molar-refractivity contribution >= 4 is 29.0 Å². The Kier molecular flexibility index (Phi) is 6.12. The molecule has 1 N–H and O–H groups in total. The van der Waals surface area contributed by atoms with Crippen molar-refractivity contribution in [2.24, 2.45) is 0 Å². The number of carbonyl (C=O) groups is 3. The highest BCUT2D eigenvalue weighted by Crippen LogP contribution is 2.33. The van der Waals surface area contributed by atoms with Crippen molar-refractivity contribution in [3.8, 4) is 11.5 Å². The fraction of sp³-hybridized carbons (Fsp3) is 0.125. The molecule has 0 fully saturated rings. The van der Waals surface area contributed by atoms with Gasteiger partial charge in [0.15, 0.2) is 19.0 Å². The molecule has 8 heteroatoms. The molecule has 1 aliphatic heterocycles. The Labute approximate surface area is 183 Å². The van der Waals surface area contributed by atoms with Gasteiger partial charge in [-0.1, -0.05) is 24.3 Å². The number of amides is 2. The number of benzene rings is 3. The van der Waals surface area contributed by atoms with Crippen LogP contribution >= 0.6 is 0 Å². The van der Waals surface area contributed by atoms with Gasteiger partial charge in [-0.05, 0) is 42.5 Å². The van der Waals surface area contributed by atoms with Crippen molar-refractivity contribution < 1.29 is 28.2 Å². The maximum absolute atomic E-state index is 13.3. The Morgan fingerprint density at radius 2 is 1.84 bits per heavy atom. The number of para-hydroxylation sites is 1. The average molecular weight is 434 g/mol. The van der Waals surface area contributed by atoms with Gasteiger partial charge < -0.3 is 14.8 Å². The summed E-state index contributed by atoms with van der Waals surface area (Å²) in [6, 6.07) is 19.0. The number of rotatable bonds is 7. The molecule has 0 aliphatic carbocycles. The Morgan fingerprint density at radius 3 is 2.62 bits per heavy atom. The zero-order valence-electron chi connectivity index (χ0n) is 16.9. The van der Waals surface area contributed by atoms with E-state index in [0.29, 0.717) is 17.1 Å². The second-order valence-corrected chi connectivity index (χ2v) is 7.03. The minimum absolute atomic E-state index is 0.207. The van der Waals surface area contributed by atoms with E-state index in [9.17, 15) is 18.8 Å². The molecule has 32 heavy (non-hydrogen) atoms. The molecule has 1 aliphatic rings. The Balaban J connectivity index is 1.48. The molecule has 0 bridgehead atoms. The Bertz CT molecular complexity index is 1170. The van der Waals surface area contributed by atoms with Crippen LogP contribution < -0.4 is 19.7 Å². The highest BCUT2D eigenvalue weighted by atomic mass is 19.1. The average Bonchev–Trinajstić information content (AvgIpc) is 2.80. The number of nitrogens with one attached hydrogen (secondary N) is 1. The molecule has 3 aromatic carbocycles. The number of ether oxygens (including phenoxy) is 2. The molecule has 0 spiro atoms. The predicted molar refractivity (Wildman–Crippen MR) is 116 cm³/mol. The van der Waals surface area contributed by atoms with Gasteiger partial charge in [0.05, 0.1) is 5.69 Å². The molecule has 2 amide bonds. The highest BCUT2D eigenvalue weighted by Gasteiger charge is 2.28. The third kappa shape index (κ3) is 4.92. The first-order chi connectivity index (χ1) is 15.5. The van der Waals surface area contributed by atoms with Crippen LogP contribution in [-0.4, -0.2) is 37.4 Å². The van der Waals surface area contributed by atoms with Crippen molar-refractivity contribution in [3.63, 3.8) is 0 Å². The molecule has 4 rings (SSSR count). The van der Waals surface area contributed by atoms with Crippen molar-refractivity contribution in [2.75, 3.05) is 30.0 Å². The quantitative estimate of drug-likeness (QED) is 0.576. The van der Waals surface area contributed by atoms with E-state index in [1.54, 1.807) is 42.5 Å². The van der Waals surface area contributed by atoms with E-state index in [1.807, 2.05) is 6.07 Å². The van der Waals surface area contributed by atoms with Gasteiger partial charge in [-0.2, -0.15) is 0 Å². The Hall–Kier alpha value is -4.20. The first-order valence-corrected chi connectivity index (χ1v) is 9.83. The van der Waals surface area contributed by atoms with Crippen LogP contribution in [-0.2, 0) is 9.59 Å². The third-order valence-corrected chi connectivity index (χ3v) is 4.75. The first kappa shape index (κ1) is 21.0. The minimum atomic E-state index is -0.469. The third-order valence-electron chi connectivity index (χ3n) is 4.75. The molecule has 0 atom stereocenters. The molecule has 0 aromatic heterocycles. The summed E-state index contributed by atoms with van der Waals surface area (Å²) < 4.78 is 24.1. The van der Waals surface area contributed by atoms with Gasteiger partial charge in [-0.3, -0.25) is 19.3 Å². The zero-order chi connectivity index (χ0) is 22.5.